The molecule has 7 heteroatoms. The van der Waals surface area contributed by atoms with Crippen LogP contribution in [0.4, 0.5) is 5.69 Å². The minimum Gasteiger partial charge on any atom is -0.493 e. The van der Waals surface area contributed by atoms with Gasteiger partial charge in [-0.2, -0.15) is 0 Å². The summed E-state index contributed by atoms with van der Waals surface area (Å²) >= 11 is 0. The van der Waals surface area contributed by atoms with Gasteiger partial charge in [-0.3, -0.25) is 9.59 Å². The molecule has 2 aromatic rings. The molecule has 32 heavy (non-hydrogen) atoms. The van der Waals surface area contributed by atoms with Gasteiger partial charge in [0.1, 0.15) is 0 Å². The first kappa shape index (κ1) is 22.0. The van der Waals surface area contributed by atoms with Crippen LogP contribution in [0.15, 0.2) is 29.1 Å². The molecule has 1 N–H and O–H groups in total. The second-order valence-corrected chi connectivity index (χ2v) is 8.26. The Kier molecular flexibility index (Phi) is 6.26. The van der Waals surface area contributed by atoms with E-state index in [-0.39, 0.29) is 17.4 Å². The van der Waals surface area contributed by atoms with Crippen LogP contribution in [0.2, 0.25) is 0 Å². The fraction of sp³-hybridized carbons (Fsp3) is 0.440. The van der Waals surface area contributed by atoms with Gasteiger partial charge >= 0.3 is 0 Å². The van der Waals surface area contributed by atoms with E-state index < -0.39 is 0 Å². The minimum atomic E-state index is -0.289. The van der Waals surface area contributed by atoms with Gasteiger partial charge in [0, 0.05) is 25.6 Å². The molecule has 2 aromatic carbocycles. The number of hydrogen-bond acceptors (Lipinski definition) is 6. The van der Waals surface area contributed by atoms with Crippen molar-refractivity contribution in [2.75, 3.05) is 39.3 Å². The lowest BCUT2D eigenvalue weighted by atomic mass is 9.95. The van der Waals surface area contributed by atoms with E-state index in [4.69, 9.17) is 14.2 Å². The fourth-order valence-electron chi connectivity index (χ4n) is 4.92. The maximum absolute atomic E-state index is 13.3. The van der Waals surface area contributed by atoms with Gasteiger partial charge in [0.2, 0.25) is 17.1 Å². The van der Waals surface area contributed by atoms with E-state index in [1.54, 1.807) is 27.4 Å². The topological polar surface area (TPSA) is 77.1 Å². The van der Waals surface area contributed by atoms with Crippen molar-refractivity contribution < 1.29 is 19.0 Å². The summed E-state index contributed by atoms with van der Waals surface area (Å²) in [7, 11) is 4.78. The second kappa shape index (κ2) is 9.10. The first-order valence-corrected chi connectivity index (χ1v) is 11.0. The monoisotopic (exact) mass is 438 g/mol. The zero-order chi connectivity index (χ0) is 22.8. The van der Waals surface area contributed by atoms with Crippen LogP contribution in [0.25, 0.3) is 11.1 Å². The quantitative estimate of drug-likeness (QED) is 0.770. The predicted molar refractivity (Wildman–Crippen MR) is 124 cm³/mol. The summed E-state index contributed by atoms with van der Waals surface area (Å²) in [5, 5.41) is 3.04. The fourth-order valence-corrected chi connectivity index (χ4v) is 4.92. The van der Waals surface area contributed by atoms with Crippen LogP contribution in [0, 0.1) is 0 Å². The van der Waals surface area contributed by atoms with Crippen molar-refractivity contribution in [3.8, 4) is 28.4 Å². The number of amides is 1. The van der Waals surface area contributed by atoms with Crippen molar-refractivity contribution in [1.82, 2.24) is 5.32 Å². The maximum Gasteiger partial charge on any atom is 0.217 e. The number of hydrogen-bond donors (Lipinski definition) is 1. The molecule has 7 nitrogen and oxygen atoms in total. The number of benzene rings is 1. The Morgan fingerprint density at radius 2 is 1.75 bits per heavy atom. The van der Waals surface area contributed by atoms with Crippen molar-refractivity contribution in [3.63, 3.8) is 0 Å². The van der Waals surface area contributed by atoms with Gasteiger partial charge in [0.25, 0.3) is 0 Å². The van der Waals surface area contributed by atoms with Crippen LogP contribution >= 0.6 is 0 Å². The number of ether oxygens (including phenoxy) is 3. The molecular weight excluding hydrogens is 408 g/mol. The molecule has 0 saturated carbocycles. The van der Waals surface area contributed by atoms with Gasteiger partial charge < -0.3 is 24.4 Å². The molecular formula is C25H30N2O5. The van der Waals surface area contributed by atoms with E-state index in [0.29, 0.717) is 35.8 Å². The lowest BCUT2D eigenvalue weighted by Gasteiger charge is -2.19. The van der Waals surface area contributed by atoms with Gasteiger partial charge in [0.05, 0.1) is 33.1 Å². The van der Waals surface area contributed by atoms with Crippen LogP contribution in [0.5, 0.6) is 17.2 Å². The van der Waals surface area contributed by atoms with E-state index in [9.17, 15) is 9.59 Å². The maximum atomic E-state index is 13.3. The smallest absolute Gasteiger partial charge is 0.217 e. The first-order valence-electron chi connectivity index (χ1n) is 11.0. The number of fused-ring (bicyclic) bond motifs is 3. The standard InChI is InChI=1S/C25H30N2O5/c1-15(28)26-19-9-7-16-13-22(30-2)24(31-3)25(32-4)23(16)17-8-10-20(21(29)14-18(17)19)27-11-5-6-12-27/h8,10,13-14,19H,5-7,9,11-12H2,1-4H3,(H,26,28)/t19-/m0/s1. The third-order valence-corrected chi connectivity index (χ3v) is 6.34. The zero-order valence-corrected chi connectivity index (χ0v) is 19.1. The second-order valence-electron chi connectivity index (χ2n) is 8.26. The molecule has 1 amide bonds. The number of methoxy groups -OCH3 is 3. The number of carbonyl (C=O) groups is 1. The molecule has 0 radical (unpaired) electrons. The molecule has 2 aliphatic rings. The van der Waals surface area contributed by atoms with Gasteiger partial charge in [-0.25, -0.2) is 0 Å². The Hall–Kier alpha value is -3.22. The first-order chi connectivity index (χ1) is 15.5. The Labute approximate surface area is 188 Å². The molecule has 0 unspecified atom stereocenters. The Balaban J connectivity index is 2.02. The Bertz CT molecular complexity index is 1090. The molecule has 0 bridgehead atoms. The minimum absolute atomic E-state index is 0.0357. The summed E-state index contributed by atoms with van der Waals surface area (Å²) in [5.74, 6) is 1.53. The highest BCUT2D eigenvalue weighted by atomic mass is 16.5. The summed E-state index contributed by atoms with van der Waals surface area (Å²) in [5.41, 5.74) is 4.20. The molecule has 4 rings (SSSR count). The summed E-state index contributed by atoms with van der Waals surface area (Å²) in [4.78, 5) is 27.4. The van der Waals surface area contributed by atoms with Crippen LogP contribution in [-0.2, 0) is 11.2 Å². The van der Waals surface area contributed by atoms with E-state index >= 15 is 0 Å². The van der Waals surface area contributed by atoms with Gasteiger partial charge in [0.15, 0.2) is 11.5 Å². The number of carbonyl (C=O) groups excluding carboxylic acids is 1. The summed E-state index contributed by atoms with van der Waals surface area (Å²) in [6.07, 6.45) is 3.50. The molecule has 1 saturated heterocycles. The molecule has 1 aliphatic heterocycles. The zero-order valence-electron chi connectivity index (χ0n) is 19.1. The van der Waals surface area contributed by atoms with Crippen LogP contribution in [0.3, 0.4) is 0 Å². The number of aryl methyl sites for hydroxylation is 1. The van der Waals surface area contributed by atoms with Crippen LogP contribution < -0.4 is 29.9 Å². The summed E-state index contributed by atoms with van der Waals surface area (Å²) in [6, 6.07) is 7.25. The molecule has 170 valence electrons. The Morgan fingerprint density at radius 1 is 1.03 bits per heavy atom. The molecule has 1 atom stereocenters. The van der Waals surface area contributed by atoms with E-state index in [1.165, 1.54) is 6.92 Å². The van der Waals surface area contributed by atoms with Gasteiger partial charge in [-0.15, -0.1) is 0 Å². The third kappa shape index (κ3) is 3.87. The average Bonchev–Trinajstić information content (AvgIpc) is 3.20. The molecule has 1 fully saturated rings. The lowest BCUT2D eigenvalue weighted by Crippen LogP contribution is -2.27. The highest BCUT2D eigenvalue weighted by Gasteiger charge is 2.29. The largest absolute Gasteiger partial charge is 0.493 e. The molecule has 1 heterocycles. The number of nitrogens with zero attached hydrogens (tertiary/aromatic N) is 1. The van der Waals surface area contributed by atoms with Crippen molar-refractivity contribution in [2.45, 2.75) is 38.6 Å². The van der Waals surface area contributed by atoms with E-state index in [2.05, 4.69) is 10.2 Å². The molecule has 1 aliphatic carbocycles. The van der Waals surface area contributed by atoms with Crippen LogP contribution in [-0.4, -0.2) is 40.3 Å². The Morgan fingerprint density at radius 3 is 2.38 bits per heavy atom. The number of rotatable bonds is 5. The van der Waals surface area contributed by atoms with Crippen molar-refractivity contribution in [3.05, 3.63) is 45.6 Å². The number of anilines is 1. The van der Waals surface area contributed by atoms with Crippen molar-refractivity contribution in [2.24, 2.45) is 0 Å². The SMILES string of the molecule is COc1cc2c(c(OC)c1OC)-c1ccc(N3CCCC3)c(=O)cc1[C@@H](NC(C)=O)CC2. The highest BCUT2D eigenvalue weighted by Crippen LogP contribution is 2.50. The normalized spacial score (nSPS) is 17.1. The van der Waals surface area contributed by atoms with Crippen LogP contribution in [0.1, 0.15) is 43.4 Å². The van der Waals surface area contributed by atoms with Gasteiger partial charge in [-0.1, -0.05) is 6.07 Å². The highest BCUT2D eigenvalue weighted by molar-refractivity contribution is 5.83. The lowest BCUT2D eigenvalue weighted by molar-refractivity contribution is -0.119. The van der Waals surface area contributed by atoms with E-state index in [1.807, 2.05) is 18.2 Å². The number of nitrogens with one attached hydrogen (secondary N) is 1. The van der Waals surface area contributed by atoms with E-state index in [0.717, 1.165) is 48.2 Å². The third-order valence-electron chi connectivity index (χ3n) is 6.34. The van der Waals surface area contributed by atoms with Crippen molar-refractivity contribution in [1.29, 1.82) is 0 Å². The predicted octanol–water partition coefficient (Wildman–Crippen LogP) is 3.46. The molecule has 0 aromatic heterocycles. The van der Waals surface area contributed by atoms with Gasteiger partial charge in [-0.05, 0) is 60.6 Å². The molecule has 0 spiro atoms. The summed E-state index contributed by atoms with van der Waals surface area (Å²) in [6.45, 7) is 3.26. The summed E-state index contributed by atoms with van der Waals surface area (Å²) < 4.78 is 17.0. The average molecular weight is 439 g/mol. The van der Waals surface area contributed by atoms with Crippen molar-refractivity contribution >= 4 is 11.6 Å².